The van der Waals surface area contributed by atoms with Gasteiger partial charge in [0.15, 0.2) is 6.10 Å². The fraction of sp³-hybridized carbons (Fsp3) is 0.391. The molecule has 1 aliphatic heterocycles. The number of ether oxygens (including phenoxy) is 1. The molecule has 7 nitrogen and oxygen atoms in total. The van der Waals surface area contributed by atoms with Crippen molar-refractivity contribution < 1.29 is 22.7 Å². The lowest BCUT2D eigenvalue weighted by molar-refractivity contribution is -0.163. The Morgan fingerprint density at radius 2 is 1.69 bits per heavy atom. The van der Waals surface area contributed by atoms with E-state index in [1.54, 1.807) is 14.0 Å². The molecule has 172 valence electrons. The first-order chi connectivity index (χ1) is 15.2. The van der Waals surface area contributed by atoms with E-state index < -0.39 is 28.0 Å². The van der Waals surface area contributed by atoms with E-state index in [4.69, 9.17) is 16.3 Å². The van der Waals surface area contributed by atoms with Crippen molar-refractivity contribution in [3.8, 4) is 0 Å². The van der Waals surface area contributed by atoms with Crippen molar-refractivity contribution in [1.29, 1.82) is 0 Å². The molecule has 9 heteroatoms. The van der Waals surface area contributed by atoms with Crippen molar-refractivity contribution in [2.24, 2.45) is 5.92 Å². The van der Waals surface area contributed by atoms with Crippen LogP contribution in [0.2, 0.25) is 5.02 Å². The Morgan fingerprint density at radius 1 is 1.09 bits per heavy atom. The molecule has 0 saturated carbocycles. The minimum Gasteiger partial charge on any atom is -0.452 e. The molecular weight excluding hydrogens is 452 g/mol. The smallest absolute Gasteiger partial charge is 0.309 e. The van der Waals surface area contributed by atoms with Crippen LogP contribution in [0.15, 0.2) is 59.5 Å². The fourth-order valence-electron chi connectivity index (χ4n) is 3.65. The number of benzene rings is 2. The number of halogens is 1. The van der Waals surface area contributed by atoms with Crippen LogP contribution in [0.25, 0.3) is 0 Å². The molecule has 2 aromatic carbocycles. The summed E-state index contributed by atoms with van der Waals surface area (Å²) in [5.41, 5.74) is 0.983. The van der Waals surface area contributed by atoms with Gasteiger partial charge in [-0.25, -0.2) is 8.42 Å². The normalized spacial score (nSPS) is 16.3. The van der Waals surface area contributed by atoms with Gasteiger partial charge in [-0.3, -0.25) is 9.59 Å². The van der Waals surface area contributed by atoms with E-state index in [1.165, 1.54) is 33.5 Å². The number of sulfonamides is 1. The van der Waals surface area contributed by atoms with Gasteiger partial charge >= 0.3 is 5.97 Å². The lowest BCUT2D eigenvalue weighted by Gasteiger charge is -2.31. The van der Waals surface area contributed by atoms with Crippen LogP contribution >= 0.6 is 11.6 Å². The Hall–Kier alpha value is -2.42. The van der Waals surface area contributed by atoms with Gasteiger partial charge in [0.05, 0.1) is 10.8 Å². The molecule has 1 heterocycles. The van der Waals surface area contributed by atoms with Gasteiger partial charge in [0.2, 0.25) is 10.0 Å². The molecule has 1 atom stereocenters. The molecule has 0 radical (unpaired) electrons. The van der Waals surface area contributed by atoms with Crippen LogP contribution < -0.4 is 0 Å². The Bertz CT molecular complexity index is 1040. The number of esters is 1. The Kier molecular flexibility index (Phi) is 7.92. The first-order valence-corrected chi connectivity index (χ1v) is 12.3. The summed E-state index contributed by atoms with van der Waals surface area (Å²) >= 11 is 5.84. The third kappa shape index (κ3) is 5.88. The Balaban J connectivity index is 1.51. The molecule has 0 bridgehead atoms. The zero-order valence-electron chi connectivity index (χ0n) is 18.1. The van der Waals surface area contributed by atoms with E-state index in [2.05, 4.69) is 0 Å². The van der Waals surface area contributed by atoms with Crippen LogP contribution in [0.5, 0.6) is 0 Å². The number of hydrogen-bond donors (Lipinski definition) is 0. The average molecular weight is 479 g/mol. The predicted molar refractivity (Wildman–Crippen MR) is 121 cm³/mol. The molecule has 32 heavy (non-hydrogen) atoms. The standard InChI is InChI=1S/C23H27ClN2O5S/c1-17(22(27)25(2)16-18-6-4-3-5-7-18)31-23(28)19-12-14-26(15-13-19)32(29,30)21-10-8-20(24)9-11-21/h3-11,17,19H,12-16H2,1-2H3. The highest BCUT2D eigenvalue weighted by atomic mass is 35.5. The number of hydrogen-bond acceptors (Lipinski definition) is 5. The van der Waals surface area contributed by atoms with Crippen LogP contribution in [-0.2, 0) is 30.9 Å². The van der Waals surface area contributed by atoms with Crippen molar-refractivity contribution >= 4 is 33.5 Å². The summed E-state index contributed by atoms with van der Waals surface area (Å²) in [7, 11) is -1.98. The molecule has 0 N–H and O–H groups in total. The fourth-order valence-corrected chi connectivity index (χ4v) is 5.25. The zero-order valence-corrected chi connectivity index (χ0v) is 19.7. The number of carbonyl (C=O) groups excluding carboxylic acids is 2. The largest absolute Gasteiger partial charge is 0.452 e. The predicted octanol–water partition coefficient (Wildman–Crippen LogP) is 3.33. The molecule has 1 aliphatic rings. The summed E-state index contributed by atoms with van der Waals surface area (Å²) < 4.78 is 32.3. The molecule has 0 aromatic heterocycles. The van der Waals surface area contributed by atoms with Crippen molar-refractivity contribution in [3.63, 3.8) is 0 Å². The van der Waals surface area contributed by atoms with Crippen LogP contribution in [-0.4, -0.2) is 55.7 Å². The summed E-state index contributed by atoms with van der Waals surface area (Å²) in [6.07, 6.45) is -0.231. The second kappa shape index (κ2) is 10.5. The van der Waals surface area contributed by atoms with E-state index >= 15 is 0 Å². The molecule has 3 rings (SSSR count). The molecule has 1 fully saturated rings. The summed E-state index contributed by atoms with van der Waals surface area (Å²) in [4.78, 5) is 26.9. The SMILES string of the molecule is CC(OC(=O)C1CCN(S(=O)(=O)c2ccc(Cl)cc2)CC1)C(=O)N(C)Cc1ccccc1. The number of carbonyl (C=O) groups is 2. The number of amides is 1. The molecule has 0 aliphatic carbocycles. The highest BCUT2D eigenvalue weighted by molar-refractivity contribution is 7.89. The second-order valence-corrected chi connectivity index (χ2v) is 10.3. The van der Waals surface area contributed by atoms with Crippen molar-refractivity contribution in [1.82, 2.24) is 9.21 Å². The number of piperidine rings is 1. The van der Waals surface area contributed by atoms with E-state index in [0.717, 1.165) is 5.56 Å². The van der Waals surface area contributed by atoms with E-state index in [9.17, 15) is 18.0 Å². The lowest BCUT2D eigenvalue weighted by atomic mass is 9.98. The minimum absolute atomic E-state index is 0.170. The lowest BCUT2D eigenvalue weighted by Crippen LogP contribution is -2.42. The molecular formula is C23H27ClN2O5S. The molecule has 1 unspecified atom stereocenters. The van der Waals surface area contributed by atoms with Crippen molar-refractivity contribution in [3.05, 3.63) is 65.2 Å². The van der Waals surface area contributed by atoms with E-state index in [0.29, 0.717) is 24.4 Å². The van der Waals surface area contributed by atoms with Crippen LogP contribution in [0.4, 0.5) is 0 Å². The summed E-state index contributed by atoms with van der Waals surface area (Å²) in [5.74, 6) is -1.20. The molecule has 1 saturated heterocycles. The second-order valence-electron chi connectivity index (χ2n) is 7.89. The number of rotatable bonds is 7. The maximum Gasteiger partial charge on any atom is 0.309 e. The van der Waals surface area contributed by atoms with Gasteiger partial charge in [0.1, 0.15) is 0 Å². The number of nitrogens with zero attached hydrogens (tertiary/aromatic N) is 2. The van der Waals surface area contributed by atoms with Crippen molar-refractivity contribution in [2.75, 3.05) is 20.1 Å². The first-order valence-electron chi connectivity index (χ1n) is 10.4. The molecule has 2 aromatic rings. The van der Waals surface area contributed by atoms with Crippen LogP contribution in [0.3, 0.4) is 0 Å². The van der Waals surface area contributed by atoms with Gasteiger partial charge < -0.3 is 9.64 Å². The minimum atomic E-state index is -3.64. The van der Waals surface area contributed by atoms with Crippen LogP contribution in [0.1, 0.15) is 25.3 Å². The maximum atomic E-state index is 12.8. The Morgan fingerprint density at radius 3 is 2.28 bits per heavy atom. The quantitative estimate of drug-likeness (QED) is 0.570. The highest BCUT2D eigenvalue weighted by Crippen LogP contribution is 2.26. The van der Waals surface area contributed by atoms with Gasteiger partial charge in [-0.1, -0.05) is 41.9 Å². The van der Waals surface area contributed by atoms with Crippen LogP contribution in [0, 0.1) is 5.92 Å². The maximum absolute atomic E-state index is 12.8. The summed E-state index contributed by atoms with van der Waals surface area (Å²) in [6.45, 7) is 2.40. The number of likely N-dealkylation sites (N-methyl/N-ethyl adjacent to an activating group) is 1. The van der Waals surface area contributed by atoms with Gasteiger partial charge in [-0.15, -0.1) is 0 Å². The Labute approximate surface area is 194 Å². The topological polar surface area (TPSA) is 84.0 Å². The van der Waals surface area contributed by atoms with E-state index in [-0.39, 0.29) is 23.9 Å². The van der Waals surface area contributed by atoms with Crippen molar-refractivity contribution in [2.45, 2.75) is 37.3 Å². The van der Waals surface area contributed by atoms with Gasteiger partial charge in [-0.2, -0.15) is 4.31 Å². The van der Waals surface area contributed by atoms with Gasteiger partial charge in [0, 0.05) is 31.7 Å². The summed E-state index contributed by atoms with van der Waals surface area (Å²) in [6, 6.07) is 15.6. The summed E-state index contributed by atoms with van der Waals surface area (Å²) in [5, 5.41) is 0.462. The highest BCUT2D eigenvalue weighted by Gasteiger charge is 2.34. The zero-order chi connectivity index (χ0) is 23.3. The van der Waals surface area contributed by atoms with Gasteiger partial charge in [-0.05, 0) is 49.6 Å². The monoisotopic (exact) mass is 478 g/mol. The van der Waals surface area contributed by atoms with E-state index in [1.807, 2.05) is 30.3 Å². The molecule has 1 amide bonds. The first kappa shape index (κ1) is 24.2. The van der Waals surface area contributed by atoms with Gasteiger partial charge in [0.25, 0.3) is 5.91 Å². The third-order valence-corrected chi connectivity index (χ3v) is 7.68. The average Bonchev–Trinajstić information content (AvgIpc) is 2.79. The third-order valence-electron chi connectivity index (χ3n) is 5.52. The molecule has 0 spiro atoms.